The first-order chi connectivity index (χ1) is 33.7. The van der Waals surface area contributed by atoms with Gasteiger partial charge in [-0.3, -0.25) is 0 Å². The number of fused-ring (bicyclic) bond motifs is 6. The number of aliphatic imine (C=N–C) groups is 2. The second kappa shape index (κ2) is 17.0. The number of rotatable bonds is 6. The van der Waals surface area contributed by atoms with Crippen molar-refractivity contribution in [2.75, 3.05) is 14.7 Å². The van der Waals surface area contributed by atoms with Crippen LogP contribution in [0.3, 0.4) is 0 Å². The third-order valence-electron chi connectivity index (χ3n) is 12.3. The van der Waals surface area contributed by atoms with Crippen LogP contribution in [0.1, 0.15) is 36.7 Å². The van der Waals surface area contributed by atoms with Gasteiger partial charge in [0.25, 0.3) is 0 Å². The summed E-state index contributed by atoms with van der Waals surface area (Å²) in [5.41, 5.74) is 11.7. The van der Waals surface area contributed by atoms with E-state index in [4.69, 9.17) is 24.2 Å². The number of anilines is 9. The first kappa shape index (κ1) is 40.4. The first-order valence-electron chi connectivity index (χ1n) is 22.9. The van der Waals surface area contributed by atoms with Gasteiger partial charge in [0.05, 0.1) is 34.1 Å². The molecule has 1 N–H and O–H groups in total. The molecule has 4 aliphatic rings. The lowest BCUT2D eigenvalue weighted by Gasteiger charge is -2.33. The van der Waals surface area contributed by atoms with Gasteiger partial charge in [0.1, 0.15) is 12.0 Å². The molecule has 9 aromatic rings. The standard InChI is InChI=1S/C57H38N6O3.C2H6/c1-7-19-49-43(13-1)61(44-14-2-8-20-50(44)64-49)40-31-25-37(26-32-40)55-58-56(38-27-33-41(34-28-38)62-45-15-3-9-21-51(45)65-52-22-10-4-16-46(52)62)60-57(59-55)39-29-35-42(36-30-39)63-47-17-5-11-23-53(47)66-54-24-12-6-18-48(54)63;1-2/h1-36,55H,(H,58,59,60);1-2H3. The monoisotopic (exact) mass is 884 g/mol. The molecule has 0 bridgehead atoms. The maximum absolute atomic E-state index is 6.30. The zero-order chi connectivity index (χ0) is 45.6. The van der Waals surface area contributed by atoms with Crippen LogP contribution in [0.2, 0.25) is 0 Å². The van der Waals surface area contributed by atoms with Crippen LogP contribution >= 0.6 is 0 Å². The van der Waals surface area contributed by atoms with Gasteiger partial charge in [-0.15, -0.1) is 0 Å². The molecule has 4 aliphatic heterocycles. The zero-order valence-corrected chi connectivity index (χ0v) is 37.3. The number of amidine groups is 2. The third-order valence-corrected chi connectivity index (χ3v) is 12.3. The normalized spacial score (nSPS) is 14.7. The molecule has 0 saturated carbocycles. The summed E-state index contributed by atoms with van der Waals surface area (Å²) in [7, 11) is 0. The molecular formula is C59H44N6O3. The van der Waals surface area contributed by atoms with E-state index >= 15 is 0 Å². The van der Waals surface area contributed by atoms with E-state index in [0.717, 1.165) is 108 Å². The molecule has 1 atom stereocenters. The lowest BCUT2D eigenvalue weighted by molar-refractivity contribution is 0.477. The lowest BCUT2D eigenvalue weighted by Crippen LogP contribution is -2.33. The maximum atomic E-state index is 6.30. The van der Waals surface area contributed by atoms with E-state index in [1.165, 1.54) is 0 Å². The highest BCUT2D eigenvalue weighted by molar-refractivity contribution is 6.13. The highest BCUT2D eigenvalue weighted by atomic mass is 16.5. The van der Waals surface area contributed by atoms with Crippen molar-refractivity contribution < 1.29 is 14.2 Å². The Morgan fingerprint density at radius 3 is 0.985 bits per heavy atom. The van der Waals surface area contributed by atoms with E-state index in [2.05, 4.69) is 129 Å². The molecule has 0 aromatic heterocycles. The molecule has 0 amide bonds. The van der Waals surface area contributed by atoms with Crippen LogP contribution in [0.25, 0.3) is 0 Å². The molecule has 4 heterocycles. The fraction of sp³-hybridized carbons (Fsp3) is 0.0508. The summed E-state index contributed by atoms with van der Waals surface area (Å²) in [6, 6.07) is 74.3. The molecule has 9 heteroatoms. The number of ether oxygens (including phenoxy) is 3. The average Bonchev–Trinajstić information content (AvgIpc) is 3.41. The molecule has 1 unspecified atom stereocenters. The number of nitrogens with zero attached hydrogens (tertiary/aromatic N) is 5. The second-order valence-corrected chi connectivity index (χ2v) is 16.3. The second-order valence-electron chi connectivity index (χ2n) is 16.3. The Hall–Kier alpha value is -9.08. The van der Waals surface area contributed by atoms with E-state index < -0.39 is 6.17 Å². The number of benzene rings is 9. The Morgan fingerprint density at radius 1 is 0.353 bits per heavy atom. The van der Waals surface area contributed by atoms with E-state index in [0.29, 0.717) is 5.84 Å². The van der Waals surface area contributed by atoms with Crippen LogP contribution in [0.5, 0.6) is 34.5 Å². The van der Waals surface area contributed by atoms with Crippen LogP contribution in [0, 0.1) is 0 Å². The summed E-state index contributed by atoms with van der Waals surface area (Å²) in [5, 5.41) is 3.70. The largest absolute Gasteiger partial charge is 0.453 e. The average molecular weight is 885 g/mol. The molecule has 0 fully saturated rings. The van der Waals surface area contributed by atoms with E-state index in [1.807, 2.05) is 123 Å². The summed E-state index contributed by atoms with van der Waals surface area (Å²) >= 11 is 0. The van der Waals surface area contributed by atoms with Gasteiger partial charge in [-0.25, -0.2) is 9.98 Å². The quantitative estimate of drug-likeness (QED) is 0.178. The number of nitrogens with one attached hydrogen (secondary N) is 1. The van der Waals surface area contributed by atoms with Crippen molar-refractivity contribution in [2.24, 2.45) is 9.98 Å². The van der Waals surface area contributed by atoms with Crippen molar-refractivity contribution in [3.63, 3.8) is 0 Å². The Labute approximate surface area is 395 Å². The fourth-order valence-corrected chi connectivity index (χ4v) is 9.18. The Kier molecular flexibility index (Phi) is 10.1. The summed E-state index contributed by atoms with van der Waals surface area (Å²) in [5.74, 6) is 6.20. The number of hydrogen-bond acceptors (Lipinski definition) is 9. The molecule has 0 spiro atoms. The van der Waals surface area contributed by atoms with Crippen molar-refractivity contribution in [1.82, 2.24) is 5.32 Å². The molecule has 9 aromatic carbocycles. The molecule has 0 aliphatic carbocycles. The van der Waals surface area contributed by atoms with Gasteiger partial charge in [-0.1, -0.05) is 98.8 Å². The Bertz CT molecular complexity index is 3270. The third kappa shape index (κ3) is 7.05. The smallest absolute Gasteiger partial charge is 0.159 e. The van der Waals surface area contributed by atoms with Crippen LogP contribution < -0.4 is 34.2 Å². The van der Waals surface area contributed by atoms with Crippen molar-refractivity contribution in [2.45, 2.75) is 20.0 Å². The molecule has 9 nitrogen and oxygen atoms in total. The topological polar surface area (TPSA) is 74.2 Å². The van der Waals surface area contributed by atoms with Gasteiger partial charge in [0.15, 0.2) is 40.3 Å². The van der Waals surface area contributed by atoms with Crippen molar-refractivity contribution in [1.29, 1.82) is 0 Å². The van der Waals surface area contributed by atoms with Gasteiger partial charge < -0.3 is 34.2 Å². The lowest BCUT2D eigenvalue weighted by atomic mass is 10.1. The molecule has 13 rings (SSSR count). The number of hydrogen-bond donors (Lipinski definition) is 1. The van der Waals surface area contributed by atoms with Crippen molar-refractivity contribution in [3.05, 3.63) is 235 Å². The highest BCUT2D eigenvalue weighted by Crippen LogP contribution is 2.53. The predicted octanol–water partition coefficient (Wildman–Crippen LogP) is 15.9. The van der Waals surface area contributed by atoms with Crippen LogP contribution in [0.15, 0.2) is 228 Å². The first-order valence-corrected chi connectivity index (χ1v) is 22.9. The van der Waals surface area contributed by atoms with Gasteiger partial charge >= 0.3 is 0 Å². The highest BCUT2D eigenvalue weighted by Gasteiger charge is 2.29. The molecule has 328 valence electrons. The Morgan fingerprint density at radius 2 is 0.647 bits per heavy atom. The van der Waals surface area contributed by atoms with Gasteiger partial charge in [-0.05, 0) is 139 Å². The van der Waals surface area contributed by atoms with Crippen molar-refractivity contribution >= 4 is 62.9 Å². The van der Waals surface area contributed by atoms with Crippen LogP contribution in [-0.4, -0.2) is 11.7 Å². The predicted molar refractivity (Wildman–Crippen MR) is 274 cm³/mol. The minimum absolute atomic E-state index is 0.429. The maximum Gasteiger partial charge on any atom is 0.159 e. The summed E-state index contributed by atoms with van der Waals surface area (Å²) in [6.07, 6.45) is -0.429. The van der Waals surface area contributed by atoms with Crippen molar-refractivity contribution in [3.8, 4) is 34.5 Å². The zero-order valence-electron chi connectivity index (χ0n) is 37.3. The van der Waals surface area contributed by atoms with Crippen LogP contribution in [0.4, 0.5) is 51.2 Å². The van der Waals surface area contributed by atoms with Gasteiger partial charge in [0, 0.05) is 28.2 Å². The van der Waals surface area contributed by atoms with E-state index in [-0.39, 0.29) is 0 Å². The summed E-state index contributed by atoms with van der Waals surface area (Å²) in [4.78, 5) is 17.2. The molecular weight excluding hydrogens is 841 g/mol. The van der Waals surface area contributed by atoms with Gasteiger partial charge in [-0.2, -0.15) is 0 Å². The molecule has 68 heavy (non-hydrogen) atoms. The summed E-state index contributed by atoms with van der Waals surface area (Å²) < 4.78 is 18.9. The SMILES string of the molecule is CC.c1ccc2c(c1)Oc1ccccc1N2c1ccc(C2=NC(c3ccc(N4c5ccccc5Oc5ccccc54)cc3)NC(c3ccc(N4c5ccccc5Oc5ccccc54)cc3)=N2)cc1. The molecule has 0 radical (unpaired) electrons. The molecule has 0 saturated heterocycles. The van der Waals surface area contributed by atoms with Gasteiger partial charge in [0.2, 0.25) is 0 Å². The van der Waals surface area contributed by atoms with Crippen LogP contribution in [-0.2, 0) is 0 Å². The van der Waals surface area contributed by atoms with E-state index in [1.54, 1.807) is 0 Å². The number of para-hydroxylation sites is 12. The Balaban J connectivity index is 0.00000237. The fourth-order valence-electron chi connectivity index (χ4n) is 9.18. The minimum atomic E-state index is -0.429. The van der Waals surface area contributed by atoms with E-state index in [9.17, 15) is 0 Å². The minimum Gasteiger partial charge on any atom is -0.453 e. The summed E-state index contributed by atoms with van der Waals surface area (Å²) in [6.45, 7) is 4.00.